The first kappa shape index (κ1) is 16.1. The summed E-state index contributed by atoms with van der Waals surface area (Å²) in [6.07, 6.45) is 2.74. The van der Waals surface area contributed by atoms with E-state index in [2.05, 4.69) is 22.0 Å². The Bertz CT molecular complexity index is 554. The van der Waals surface area contributed by atoms with E-state index in [0.717, 1.165) is 29.6 Å². The molecule has 1 amide bonds. The molecule has 4 nitrogen and oxygen atoms in total. The van der Waals surface area contributed by atoms with Gasteiger partial charge in [-0.15, -0.1) is 12.4 Å². The Labute approximate surface area is 134 Å². The average Bonchev–Trinajstić information content (AvgIpc) is 2.88. The van der Waals surface area contributed by atoms with Crippen LogP contribution in [0.1, 0.15) is 5.56 Å². The van der Waals surface area contributed by atoms with Crippen LogP contribution in [0.15, 0.2) is 46.3 Å². The number of morpholine rings is 1. The van der Waals surface area contributed by atoms with Crippen molar-refractivity contribution in [1.82, 2.24) is 4.90 Å². The van der Waals surface area contributed by atoms with Gasteiger partial charge in [-0.3, -0.25) is 4.79 Å². The molecule has 0 atom stereocenters. The maximum atomic E-state index is 11.9. The van der Waals surface area contributed by atoms with Crippen LogP contribution in [-0.4, -0.2) is 42.3 Å². The molecule has 0 bridgehead atoms. The Morgan fingerprint density at radius 3 is 2.67 bits per heavy atom. The topological polar surface area (TPSA) is 41.9 Å². The highest BCUT2D eigenvalue weighted by molar-refractivity contribution is 8.18. The Morgan fingerprint density at radius 1 is 1.24 bits per heavy atom. The second-order valence-corrected chi connectivity index (χ2v) is 5.67. The zero-order valence-corrected chi connectivity index (χ0v) is 13.2. The quantitative estimate of drug-likeness (QED) is 0.784. The Morgan fingerprint density at radius 2 is 1.95 bits per heavy atom. The molecular formula is C15H17ClN2O2S. The number of carbonyl (C=O) groups excluding carboxylic acids is 1. The summed E-state index contributed by atoms with van der Waals surface area (Å²) in [5.41, 5.74) is 1.20. The molecule has 2 heterocycles. The van der Waals surface area contributed by atoms with Crippen molar-refractivity contribution in [3.05, 3.63) is 46.9 Å². The number of benzene rings is 1. The predicted molar refractivity (Wildman–Crippen MR) is 87.9 cm³/mol. The number of rotatable bonds is 2. The van der Waals surface area contributed by atoms with Crippen LogP contribution in [0, 0.1) is 0 Å². The third-order valence-electron chi connectivity index (χ3n) is 3.26. The van der Waals surface area contributed by atoms with Crippen LogP contribution >= 0.6 is 24.2 Å². The van der Waals surface area contributed by atoms with Crippen LogP contribution in [-0.2, 0) is 16.0 Å². The van der Waals surface area contributed by atoms with E-state index in [9.17, 15) is 4.79 Å². The number of halogens is 1. The lowest BCUT2D eigenvalue weighted by atomic mass is 10.1. The van der Waals surface area contributed by atoms with Gasteiger partial charge in [-0.1, -0.05) is 36.4 Å². The van der Waals surface area contributed by atoms with Gasteiger partial charge in [-0.25, -0.2) is 0 Å². The Hall–Kier alpha value is -1.30. The van der Waals surface area contributed by atoms with Crippen LogP contribution in [0.4, 0.5) is 0 Å². The van der Waals surface area contributed by atoms with Crippen molar-refractivity contribution in [3.63, 3.8) is 0 Å². The number of hydrogen-bond acceptors (Lipinski definition) is 4. The summed E-state index contributed by atoms with van der Waals surface area (Å²) in [6.45, 7) is 3.03. The number of nitrogens with zero attached hydrogens (tertiary/aromatic N) is 2. The lowest BCUT2D eigenvalue weighted by Crippen LogP contribution is -2.38. The minimum Gasteiger partial charge on any atom is -0.378 e. The second-order valence-electron chi connectivity index (χ2n) is 4.66. The van der Waals surface area contributed by atoms with Gasteiger partial charge in [0.25, 0.3) is 5.91 Å². The van der Waals surface area contributed by atoms with Crippen LogP contribution < -0.4 is 0 Å². The monoisotopic (exact) mass is 324 g/mol. The minimum absolute atomic E-state index is 0. The number of hydrogen-bond donors (Lipinski definition) is 0. The zero-order chi connectivity index (χ0) is 13.8. The van der Waals surface area contributed by atoms with E-state index in [1.54, 1.807) is 0 Å². The Kier molecular flexibility index (Phi) is 5.85. The standard InChI is InChI=1S/C15H16N2O2S.ClH/c18-14-13(7-6-12-4-2-1-3-5-12)20-15(16-14)17-8-10-19-11-9-17;/h1-5,7H,6,8-11H2;1H. The van der Waals surface area contributed by atoms with E-state index < -0.39 is 0 Å². The molecule has 0 aliphatic carbocycles. The summed E-state index contributed by atoms with van der Waals surface area (Å²) in [7, 11) is 0. The molecule has 2 aliphatic rings. The lowest BCUT2D eigenvalue weighted by molar-refractivity contribution is -0.113. The molecular weight excluding hydrogens is 308 g/mol. The third kappa shape index (κ3) is 4.09. The zero-order valence-electron chi connectivity index (χ0n) is 11.5. The number of thioether (sulfide) groups is 1. The summed E-state index contributed by atoms with van der Waals surface area (Å²) in [5.74, 6) is -0.118. The molecule has 0 saturated carbocycles. The molecule has 21 heavy (non-hydrogen) atoms. The van der Waals surface area contributed by atoms with Crippen LogP contribution in [0.3, 0.4) is 0 Å². The number of allylic oxidation sites excluding steroid dienone is 1. The molecule has 0 N–H and O–H groups in total. The molecule has 0 aromatic heterocycles. The van der Waals surface area contributed by atoms with E-state index in [1.807, 2.05) is 24.3 Å². The maximum Gasteiger partial charge on any atom is 0.285 e. The summed E-state index contributed by atoms with van der Waals surface area (Å²) >= 11 is 1.48. The van der Waals surface area contributed by atoms with Crippen molar-refractivity contribution in [2.24, 2.45) is 4.99 Å². The van der Waals surface area contributed by atoms with Crippen molar-refractivity contribution in [2.45, 2.75) is 6.42 Å². The highest BCUT2D eigenvalue weighted by Crippen LogP contribution is 2.29. The first-order valence-corrected chi connectivity index (χ1v) is 7.52. The van der Waals surface area contributed by atoms with Gasteiger partial charge in [0.15, 0.2) is 5.17 Å². The first-order valence-electron chi connectivity index (χ1n) is 6.70. The summed E-state index contributed by atoms with van der Waals surface area (Å²) < 4.78 is 5.31. The first-order chi connectivity index (χ1) is 9.83. The number of ether oxygens (including phenoxy) is 1. The van der Waals surface area contributed by atoms with Gasteiger partial charge in [-0.2, -0.15) is 4.99 Å². The molecule has 2 aliphatic heterocycles. The van der Waals surface area contributed by atoms with E-state index >= 15 is 0 Å². The van der Waals surface area contributed by atoms with Crippen molar-refractivity contribution >= 4 is 35.2 Å². The second kappa shape index (κ2) is 7.64. The van der Waals surface area contributed by atoms with Gasteiger partial charge in [0, 0.05) is 13.1 Å². The fourth-order valence-corrected chi connectivity index (χ4v) is 3.09. The molecule has 1 aromatic carbocycles. The number of amides is 1. The van der Waals surface area contributed by atoms with Gasteiger partial charge >= 0.3 is 0 Å². The van der Waals surface area contributed by atoms with Gasteiger partial charge in [0.1, 0.15) is 0 Å². The van der Waals surface area contributed by atoms with E-state index in [-0.39, 0.29) is 18.3 Å². The highest BCUT2D eigenvalue weighted by Gasteiger charge is 2.26. The summed E-state index contributed by atoms with van der Waals surface area (Å²) in [6, 6.07) is 10.1. The SMILES string of the molecule is Cl.O=C1N=C(N2CCOCC2)SC1=CCc1ccccc1. The molecule has 1 saturated heterocycles. The molecule has 0 spiro atoms. The smallest absolute Gasteiger partial charge is 0.285 e. The molecule has 1 aromatic rings. The fraction of sp³-hybridized carbons (Fsp3) is 0.333. The van der Waals surface area contributed by atoms with Crippen molar-refractivity contribution in [1.29, 1.82) is 0 Å². The number of carbonyl (C=O) groups is 1. The van der Waals surface area contributed by atoms with E-state index in [0.29, 0.717) is 13.2 Å². The van der Waals surface area contributed by atoms with Gasteiger partial charge in [0.2, 0.25) is 0 Å². The van der Waals surface area contributed by atoms with Crippen molar-refractivity contribution < 1.29 is 9.53 Å². The van der Waals surface area contributed by atoms with E-state index in [1.165, 1.54) is 17.3 Å². The average molecular weight is 325 g/mol. The van der Waals surface area contributed by atoms with Crippen LogP contribution in [0.25, 0.3) is 0 Å². The molecule has 0 radical (unpaired) electrons. The lowest BCUT2D eigenvalue weighted by Gasteiger charge is -2.27. The van der Waals surface area contributed by atoms with Gasteiger partial charge in [0.05, 0.1) is 18.1 Å². The van der Waals surface area contributed by atoms with Gasteiger partial charge in [-0.05, 0) is 23.7 Å². The third-order valence-corrected chi connectivity index (χ3v) is 4.35. The molecule has 3 rings (SSSR count). The van der Waals surface area contributed by atoms with Crippen molar-refractivity contribution in [3.8, 4) is 0 Å². The molecule has 112 valence electrons. The summed E-state index contributed by atoms with van der Waals surface area (Å²) in [4.78, 5) is 18.9. The summed E-state index contributed by atoms with van der Waals surface area (Å²) in [5, 5.41) is 0.817. The van der Waals surface area contributed by atoms with Crippen LogP contribution in [0.2, 0.25) is 0 Å². The molecule has 1 fully saturated rings. The Balaban J connectivity index is 0.00000161. The van der Waals surface area contributed by atoms with Crippen LogP contribution in [0.5, 0.6) is 0 Å². The number of aliphatic imine (C=N–C) groups is 1. The molecule has 6 heteroatoms. The largest absolute Gasteiger partial charge is 0.378 e. The fourth-order valence-electron chi connectivity index (χ4n) is 2.15. The minimum atomic E-state index is -0.118. The van der Waals surface area contributed by atoms with Gasteiger partial charge < -0.3 is 9.64 Å². The molecule has 0 unspecified atom stereocenters. The number of amidine groups is 1. The van der Waals surface area contributed by atoms with E-state index in [4.69, 9.17) is 4.74 Å². The highest BCUT2D eigenvalue weighted by atomic mass is 35.5. The predicted octanol–water partition coefficient (Wildman–Crippen LogP) is 2.50. The van der Waals surface area contributed by atoms with Crippen molar-refractivity contribution in [2.75, 3.05) is 26.3 Å². The normalized spacial score (nSPS) is 20.4. The maximum absolute atomic E-state index is 11.9.